The molecule has 0 aromatic carbocycles. The molecule has 1 aromatic rings. The maximum Gasteiger partial charge on any atom is 0.259 e. The van der Waals surface area contributed by atoms with Gasteiger partial charge in [-0.3, -0.25) is 9.69 Å². The number of carbonyl (C=O) groups is 1. The van der Waals surface area contributed by atoms with E-state index in [2.05, 4.69) is 15.5 Å². The zero-order chi connectivity index (χ0) is 13.5. The van der Waals surface area contributed by atoms with E-state index in [0.717, 1.165) is 12.8 Å². The normalized spacial score (nSPS) is 27.7. The topological polar surface area (TPSA) is 71.3 Å². The molecule has 2 heterocycles. The average molecular weight is 268 g/mol. The molecule has 1 aromatic heterocycles. The SMILES string of the molecule is Cc1nnc(CN2CCC(F)(C(=O)NC3CC3)C2)o1. The molecule has 6 nitrogen and oxygen atoms in total. The van der Waals surface area contributed by atoms with Gasteiger partial charge in [-0.1, -0.05) is 0 Å². The minimum atomic E-state index is -1.78. The summed E-state index contributed by atoms with van der Waals surface area (Å²) in [5, 5.41) is 10.3. The third kappa shape index (κ3) is 2.75. The summed E-state index contributed by atoms with van der Waals surface area (Å²) in [5.74, 6) is 0.482. The molecule has 104 valence electrons. The van der Waals surface area contributed by atoms with Crippen molar-refractivity contribution in [2.24, 2.45) is 0 Å². The maximum atomic E-state index is 14.5. The summed E-state index contributed by atoms with van der Waals surface area (Å²) in [6.07, 6.45) is 2.15. The van der Waals surface area contributed by atoms with Crippen molar-refractivity contribution in [2.45, 2.75) is 44.4 Å². The van der Waals surface area contributed by atoms with Gasteiger partial charge in [0.2, 0.25) is 17.5 Å². The van der Waals surface area contributed by atoms with Gasteiger partial charge in [0, 0.05) is 32.5 Å². The Balaban J connectivity index is 1.57. The summed E-state index contributed by atoms with van der Waals surface area (Å²) in [4.78, 5) is 13.7. The van der Waals surface area contributed by atoms with Crippen LogP contribution in [0.15, 0.2) is 4.42 Å². The molecule has 19 heavy (non-hydrogen) atoms. The molecule has 0 spiro atoms. The molecule has 1 aliphatic carbocycles. The van der Waals surface area contributed by atoms with Crippen LogP contribution in [0.2, 0.25) is 0 Å². The van der Waals surface area contributed by atoms with Gasteiger partial charge in [-0.2, -0.15) is 0 Å². The molecule has 1 amide bonds. The number of amides is 1. The predicted molar refractivity (Wildman–Crippen MR) is 63.9 cm³/mol. The molecule has 1 saturated heterocycles. The molecule has 7 heteroatoms. The van der Waals surface area contributed by atoms with Crippen molar-refractivity contribution >= 4 is 5.91 Å². The summed E-state index contributed by atoms with van der Waals surface area (Å²) in [5.41, 5.74) is -1.78. The number of hydrogen-bond acceptors (Lipinski definition) is 5. The van der Waals surface area contributed by atoms with Gasteiger partial charge >= 0.3 is 0 Å². The van der Waals surface area contributed by atoms with Crippen LogP contribution in [0, 0.1) is 6.92 Å². The highest BCUT2D eigenvalue weighted by Gasteiger charge is 2.46. The Hall–Kier alpha value is -1.50. The van der Waals surface area contributed by atoms with E-state index >= 15 is 0 Å². The third-order valence-corrected chi connectivity index (χ3v) is 3.54. The van der Waals surface area contributed by atoms with E-state index in [1.54, 1.807) is 6.92 Å². The molecule has 0 radical (unpaired) electrons. The molecule has 0 bridgehead atoms. The maximum absolute atomic E-state index is 14.5. The van der Waals surface area contributed by atoms with Gasteiger partial charge in [-0.25, -0.2) is 4.39 Å². The fourth-order valence-electron chi connectivity index (χ4n) is 2.30. The number of hydrogen-bond donors (Lipinski definition) is 1. The highest BCUT2D eigenvalue weighted by molar-refractivity contribution is 5.86. The molecule has 3 rings (SSSR count). The smallest absolute Gasteiger partial charge is 0.259 e. The predicted octanol–water partition coefficient (Wildman–Crippen LogP) is 0.571. The lowest BCUT2D eigenvalue weighted by molar-refractivity contribution is -0.132. The number of alkyl halides is 1. The molecule has 2 aliphatic rings. The van der Waals surface area contributed by atoms with Crippen molar-refractivity contribution in [1.29, 1.82) is 0 Å². The number of nitrogens with zero attached hydrogens (tertiary/aromatic N) is 3. The first-order chi connectivity index (χ1) is 9.05. The van der Waals surface area contributed by atoms with Crippen LogP contribution in [-0.4, -0.2) is 45.8 Å². The first kappa shape index (κ1) is 12.5. The van der Waals surface area contributed by atoms with Crippen molar-refractivity contribution in [3.8, 4) is 0 Å². The van der Waals surface area contributed by atoms with E-state index in [1.807, 2.05) is 4.90 Å². The summed E-state index contributed by atoms with van der Waals surface area (Å²) < 4.78 is 19.8. The number of rotatable bonds is 4. The summed E-state index contributed by atoms with van der Waals surface area (Å²) in [6, 6.07) is 0.188. The Morgan fingerprint density at radius 3 is 3.00 bits per heavy atom. The van der Waals surface area contributed by atoms with E-state index in [1.165, 1.54) is 0 Å². The lowest BCUT2D eigenvalue weighted by Crippen LogP contribution is -2.46. The highest BCUT2D eigenvalue weighted by atomic mass is 19.1. The molecular weight excluding hydrogens is 251 g/mol. The van der Waals surface area contributed by atoms with Crippen LogP contribution in [0.3, 0.4) is 0 Å². The minimum Gasteiger partial charge on any atom is -0.424 e. The standard InChI is InChI=1S/C12H17FN4O2/c1-8-15-16-10(19-8)6-17-5-4-12(13,7-17)11(18)14-9-2-3-9/h9H,2-7H2,1H3,(H,14,18). The van der Waals surface area contributed by atoms with Crippen molar-refractivity contribution in [2.75, 3.05) is 13.1 Å². The number of likely N-dealkylation sites (tertiary alicyclic amines) is 1. The van der Waals surface area contributed by atoms with Gasteiger partial charge in [0.05, 0.1) is 6.54 Å². The lowest BCUT2D eigenvalue weighted by atomic mass is 10.1. The van der Waals surface area contributed by atoms with Crippen molar-refractivity contribution in [1.82, 2.24) is 20.4 Å². The Labute approximate surface area is 110 Å². The molecule has 2 fully saturated rings. The van der Waals surface area contributed by atoms with E-state index in [4.69, 9.17) is 4.42 Å². The van der Waals surface area contributed by atoms with Gasteiger partial charge < -0.3 is 9.73 Å². The second kappa shape index (κ2) is 4.56. The minimum absolute atomic E-state index is 0.0903. The van der Waals surface area contributed by atoms with Gasteiger partial charge in [-0.15, -0.1) is 10.2 Å². The monoisotopic (exact) mass is 268 g/mol. The van der Waals surface area contributed by atoms with Crippen LogP contribution < -0.4 is 5.32 Å². The first-order valence-corrected chi connectivity index (χ1v) is 6.56. The van der Waals surface area contributed by atoms with E-state index in [-0.39, 0.29) is 19.0 Å². The largest absolute Gasteiger partial charge is 0.424 e. The molecule has 1 atom stereocenters. The quantitative estimate of drug-likeness (QED) is 0.864. The zero-order valence-electron chi connectivity index (χ0n) is 10.9. The molecule has 1 N–H and O–H groups in total. The van der Waals surface area contributed by atoms with Crippen LogP contribution in [0.1, 0.15) is 31.0 Å². The Morgan fingerprint density at radius 2 is 2.37 bits per heavy atom. The van der Waals surface area contributed by atoms with Crippen molar-refractivity contribution in [3.05, 3.63) is 11.8 Å². The Bertz CT molecular complexity index is 488. The van der Waals surface area contributed by atoms with E-state index in [0.29, 0.717) is 24.9 Å². The molecule has 1 aliphatic heterocycles. The second-order valence-electron chi connectivity index (χ2n) is 5.39. The first-order valence-electron chi connectivity index (χ1n) is 6.56. The second-order valence-corrected chi connectivity index (χ2v) is 5.39. The van der Waals surface area contributed by atoms with E-state index < -0.39 is 11.6 Å². The lowest BCUT2D eigenvalue weighted by Gasteiger charge is -2.19. The number of aryl methyl sites for hydroxylation is 1. The van der Waals surface area contributed by atoms with Gasteiger partial charge in [0.25, 0.3) is 5.91 Å². The van der Waals surface area contributed by atoms with Crippen LogP contribution in [0.25, 0.3) is 0 Å². The summed E-state index contributed by atoms with van der Waals surface area (Å²) in [6.45, 7) is 2.72. The molecular formula is C12H17FN4O2. The average Bonchev–Trinajstić information content (AvgIpc) is 2.96. The number of aromatic nitrogens is 2. The summed E-state index contributed by atoms with van der Waals surface area (Å²) in [7, 11) is 0. The van der Waals surface area contributed by atoms with Gasteiger partial charge in [0.15, 0.2) is 0 Å². The highest BCUT2D eigenvalue weighted by Crippen LogP contribution is 2.29. The number of carbonyl (C=O) groups excluding carboxylic acids is 1. The van der Waals surface area contributed by atoms with Crippen LogP contribution >= 0.6 is 0 Å². The third-order valence-electron chi connectivity index (χ3n) is 3.54. The van der Waals surface area contributed by atoms with Crippen molar-refractivity contribution < 1.29 is 13.6 Å². The fourth-order valence-corrected chi connectivity index (χ4v) is 2.30. The van der Waals surface area contributed by atoms with Crippen molar-refractivity contribution in [3.63, 3.8) is 0 Å². The molecule has 1 saturated carbocycles. The van der Waals surface area contributed by atoms with Crippen LogP contribution in [-0.2, 0) is 11.3 Å². The van der Waals surface area contributed by atoms with Crippen LogP contribution in [0.4, 0.5) is 4.39 Å². The number of nitrogens with one attached hydrogen (secondary N) is 1. The Kier molecular flexibility index (Phi) is 3.00. The fraction of sp³-hybridized carbons (Fsp3) is 0.750. The zero-order valence-corrected chi connectivity index (χ0v) is 10.9. The summed E-state index contributed by atoms with van der Waals surface area (Å²) >= 11 is 0. The molecule has 1 unspecified atom stereocenters. The van der Waals surface area contributed by atoms with E-state index in [9.17, 15) is 9.18 Å². The van der Waals surface area contributed by atoms with Gasteiger partial charge in [-0.05, 0) is 12.8 Å². The number of halogens is 1. The van der Waals surface area contributed by atoms with Gasteiger partial charge in [0.1, 0.15) is 0 Å². The van der Waals surface area contributed by atoms with Crippen LogP contribution in [0.5, 0.6) is 0 Å². The Morgan fingerprint density at radius 1 is 1.58 bits per heavy atom.